The molecule has 1 aliphatic carbocycles. The fourth-order valence-corrected chi connectivity index (χ4v) is 2.08. The summed E-state index contributed by atoms with van der Waals surface area (Å²) in [4.78, 5) is 22.1. The van der Waals surface area contributed by atoms with E-state index in [1.54, 1.807) is 7.11 Å². The van der Waals surface area contributed by atoms with Crippen LogP contribution in [0.15, 0.2) is 24.3 Å². The topological polar surface area (TPSA) is 87.7 Å². The van der Waals surface area contributed by atoms with Crippen molar-refractivity contribution in [2.24, 2.45) is 0 Å². The summed E-state index contributed by atoms with van der Waals surface area (Å²) in [5, 5.41) is 14.0. The van der Waals surface area contributed by atoms with E-state index in [4.69, 9.17) is 9.84 Å². The smallest absolute Gasteiger partial charge is 0.315 e. The molecule has 20 heavy (non-hydrogen) atoms. The van der Waals surface area contributed by atoms with Crippen molar-refractivity contribution >= 4 is 12.0 Å². The van der Waals surface area contributed by atoms with Crippen LogP contribution in [0.25, 0.3) is 0 Å². The lowest BCUT2D eigenvalue weighted by molar-refractivity contribution is -0.136. The Hall–Kier alpha value is -2.24. The summed E-state index contributed by atoms with van der Waals surface area (Å²) in [6, 6.07) is 7.26. The van der Waals surface area contributed by atoms with E-state index in [0.29, 0.717) is 0 Å². The van der Waals surface area contributed by atoms with Crippen molar-refractivity contribution in [3.63, 3.8) is 0 Å². The molecule has 0 atom stereocenters. The lowest BCUT2D eigenvalue weighted by Gasteiger charge is -2.19. The van der Waals surface area contributed by atoms with Gasteiger partial charge in [-0.2, -0.15) is 0 Å². The third kappa shape index (κ3) is 3.40. The number of hydrogen-bond donors (Lipinski definition) is 3. The molecule has 0 spiro atoms. The highest BCUT2D eigenvalue weighted by atomic mass is 16.5. The minimum absolute atomic E-state index is 0.0838. The highest BCUT2D eigenvalue weighted by Gasteiger charge is 2.45. The molecule has 1 aliphatic rings. The molecule has 6 nitrogen and oxygen atoms in total. The molecule has 2 amide bonds. The van der Waals surface area contributed by atoms with Crippen LogP contribution in [0, 0.1) is 0 Å². The first-order valence-corrected chi connectivity index (χ1v) is 6.48. The van der Waals surface area contributed by atoms with Crippen LogP contribution < -0.4 is 15.4 Å². The molecule has 1 aromatic rings. The molecule has 108 valence electrons. The van der Waals surface area contributed by atoms with Gasteiger partial charge in [-0.05, 0) is 30.5 Å². The van der Waals surface area contributed by atoms with Gasteiger partial charge in [0.25, 0.3) is 0 Å². The van der Waals surface area contributed by atoms with E-state index < -0.39 is 5.97 Å². The Morgan fingerprint density at radius 3 is 2.75 bits per heavy atom. The number of carbonyl (C=O) groups excluding carboxylic acids is 1. The van der Waals surface area contributed by atoms with Crippen LogP contribution in [0.3, 0.4) is 0 Å². The molecule has 0 saturated heterocycles. The van der Waals surface area contributed by atoms with Gasteiger partial charge in [-0.25, -0.2) is 4.79 Å². The van der Waals surface area contributed by atoms with E-state index in [0.717, 1.165) is 24.2 Å². The maximum Gasteiger partial charge on any atom is 0.315 e. The number of nitrogens with one attached hydrogen (secondary N) is 2. The van der Waals surface area contributed by atoms with Gasteiger partial charge in [0, 0.05) is 6.54 Å². The van der Waals surface area contributed by atoms with Gasteiger partial charge in [0.1, 0.15) is 5.75 Å². The summed E-state index contributed by atoms with van der Waals surface area (Å²) < 4.78 is 5.18. The zero-order valence-electron chi connectivity index (χ0n) is 11.3. The number of amides is 2. The van der Waals surface area contributed by atoms with Crippen LogP contribution in [0.2, 0.25) is 0 Å². The molecule has 1 aromatic carbocycles. The minimum atomic E-state index is -0.931. The summed E-state index contributed by atoms with van der Waals surface area (Å²) in [6.45, 7) is 0.120. The molecule has 0 unspecified atom stereocenters. The Kier molecular flexibility index (Phi) is 4.12. The lowest BCUT2D eigenvalue weighted by atomic mass is 10.0. The Labute approximate surface area is 117 Å². The number of methoxy groups -OCH3 is 1. The van der Waals surface area contributed by atoms with Gasteiger partial charge in [-0.3, -0.25) is 4.79 Å². The summed E-state index contributed by atoms with van der Waals surface area (Å²) >= 11 is 0. The zero-order valence-corrected chi connectivity index (χ0v) is 11.3. The molecule has 0 heterocycles. The maximum absolute atomic E-state index is 11.8. The van der Waals surface area contributed by atoms with E-state index in [1.165, 1.54) is 0 Å². The number of urea groups is 1. The number of carboxylic acid groups (broad SMARTS) is 1. The average Bonchev–Trinajstić information content (AvgIpc) is 3.19. The SMILES string of the molecule is COc1cccc(C2(NC(=O)NCCC(=O)O)CC2)c1. The van der Waals surface area contributed by atoms with E-state index in [1.807, 2.05) is 24.3 Å². The molecule has 0 bridgehead atoms. The van der Waals surface area contributed by atoms with Crippen LogP contribution in [0.4, 0.5) is 4.79 Å². The normalized spacial score (nSPS) is 15.2. The maximum atomic E-state index is 11.8. The Morgan fingerprint density at radius 1 is 1.40 bits per heavy atom. The van der Waals surface area contributed by atoms with Crippen LogP contribution in [-0.2, 0) is 10.3 Å². The second-order valence-electron chi connectivity index (χ2n) is 4.84. The van der Waals surface area contributed by atoms with Crippen LogP contribution in [0.5, 0.6) is 5.75 Å². The number of carboxylic acids is 1. The van der Waals surface area contributed by atoms with Crippen molar-refractivity contribution < 1.29 is 19.4 Å². The van der Waals surface area contributed by atoms with Gasteiger partial charge < -0.3 is 20.5 Å². The zero-order chi connectivity index (χ0) is 14.6. The van der Waals surface area contributed by atoms with E-state index in [-0.39, 0.29) is 24.5 Å². The van der Waals surface area contributed by atoms with Crippen molar-refractivity contribution in [1.29, 1.82) is 0 Å². The first kappa shape index (κ1) is 14.2. The van der Waals surface area contributed by atoms with E-state index in [2.05, 4.69) is 10.6 Å². The van der Waals surface area contributed by atoms with Crippen LogP contribution in [-0.4, -0.2) is 30.8 Å². The lowest BCUT2D eigenvalue weighted by Crippen LogP contribution is -2.42. The van der Waals surface area contributed by atoms with Gasteiger partial charge in [0.15, 0.2) is 0 Å². The largest absolute Gasteiger partial charge is 0.497 e. The predicted molar refractivity (Wildman–Crippen MR) is 72.7 cm³/mol. The Morgan fingerprint density at radius 2 is 2.15 bits per heavy atom. The van der Waals surface area contributed by atoms with Gasteiger partial charge >= 0.3 is 12.0 Å². The van der Waals surface area contributed by atoms with Crippen LogP contribution >= 0.6 is 0 Å². The minimum Gasteiger partial charge on any atom is -0.497 e. The number of aliphatic carboxylic acids is 1. The molecular formula is C14H18N2O4. The molecule has 3 N–H and O–H groups in total. The quantitative estimate of drug-likeness (QED) is 0.735. The molecule has 1 fully saturated rings. The average molecular weight is 278 g/mol. The first-order valence-electron chi connectivity index (χ1n) is 6.48. The molecule has 2 rings (SSSR count). The van der Waals surface area contributed by atoms with E-state index >= 15 is 0 Å². The van der Waals surface area contributed by atoms with Crippen molar-refractivity contribution in [3.05, 3.63) is 29.8 Å². The molecule has 0 aromatic heterocycles. The number of carbonyl (C=O) groups is 2. The fraction of sp³-hybridized carbons (Fsp3) is 0.429. The molecular weight excluding hydrogens is 260 g/mol. The molecule has 0 aliphatic heterocycles. The van der Waals surface area contributed by atoms with Crippen molar-refractivity contribution in [2.75, 3.05) is 13.7 Å². The number of hydrogen-bond acceptors (Lipinski definition) is 3. The van der Waals surface area contributed by atoms with Gasteiger partial charge in [0.2, 0.25) is 0 Å². The summed E-state index contributed by atoms with van der Waals surface area (Å²) in [5.41, 5.74) is 0.659. The highest BCUT2D eigenvalue weighted by molar-refractivity contribution is 5.76. The van der Waals surface area contributed by atoms with Crippen molar-refractivity contribution in [1.82, 2.24) is 10.6 Å². The number of benzene rings is 1. The van der Waals surface area contributed by atoms with E-state index in [9.17, 15) is 9.59 Å². The summed E-state index contributed by atoms with van der Waals surface area (Å²) in [6.07, 6.45) is 1.65. The van der Waals surface area contributed by atoms with Crippen LogP contribution in [0.1, 0.15) is 24.8 Å². The monoisotopic (exact) mass is 278 g/mol. The highest BCUT2D eigenvalue weighted by Crippen LogP contribution is 2.46. The summed E-state index contributed by atoms with van der Waals surface area (Å²) in [5.74, 6) is -0.180. The summed E-state index contributed by atoms with van der Waals surface area (Å²) in [7, 11) is 1.60. The fourth-order valence-electron chi connectivity index (χ4n) is 2.08. The van der Waals surface area contributed by atoms with Crippen molar-refractivity contribution in [2.45, 2.75) is 24.8 Å². The third-order valence-electron chi connectivity index (χ3n) is 3.35. The first-order chi connectivity index (χ1) is 9.55. The van der Waals surface area contributed by atoms with Gasteiger partial charge in [0.05, 0.1) is 19.1 Å². The Bertz CT molecular complexity index is 512. The predicted octanol–water partition coefficient (Wildman–Crippen LogP) is 1.46. The number of ether oxygens (including phenoxy) is 1. The van der Waals surface area contributed by atoms with Gasteiger partial charge in [-0.15, -0.1) is 0 Å². The van der Waals surface area contributed by atoms with Crippen molar-refractivity contribution in [3.8, 4) is 5.75 Å². The molecule has 6 heteroatoms. The second-order valence-corrected chi connectivity index (χ2v) is 4.84. The number of rotatable bonds is 6. The second kappa shape index (κ2) is 5.81. The third-order valence-corrected chi connectivity index (χ3v) is 3.35. The Balaban J connectivity index is 1.94. The molecule has 0 radical (unpaired) electrons. The standard InChI is InChI=1S/C14H18N2O4/c1-20-11-4-2-3-10(9-11)14(6-7-14)16-13(19)15-8-5-12(17)18/h2-4,9H,5-8H2,1H3,(H,17,18)(H2,15,16,19). The molecule has 1 saturated carbocycles. The van der Waals surface area contributed by atoms with Gasteiger partial charge in [-0.1, -0.05) is 12.1 Å².